The number of unbranched alkanes of at least 4 members (excludes halogenated alkanes) is 4. The van der Waals surface area contributed by atoms with E-state index in [4.69, 9.17) is 16.7 Å². The van der Waals surface area contributed by atoms with Crippen LogP contribution in [0.4, 0.5) is 0 Å². The van der Waals surface area contributed by atoms with Crippen LogP contribution in [0, 0.1) is 0 Å². The minimum absolute atomic E-state index is 0.0148. The minimum atomic E-state index is -3.70. The molecule has 21 heavy (non-hydrogen) atoms. The SMILES string of the molecule is CCCCCCCNS(=O)(=O)c1ccc(Cl)c(C(=O)O)c1. The Balaban J connectivity index is 2.66. The second-order valence-corrected chi connectivity index (χ2v) is 6.93. The molecule has 0 aliphatic carbocycles. The van der Waals surface area contributed by atoms with Gasteiger partial charge in [0.2, 0.25) is 10.0 Å². The average Bonchev–Trinajstić information content (AvgIpc) is 2.42. The second-order valence-electron chi connectivity index (χ2n) is 4.76. The van der Waals surface area contributed by atoms with Gasteiger partial charge >= 0.3 is 5.97 Å². The molecule has 1 aromatic rings. The van der Waals surface area contributed by atoms with Crippen LogP contribution in [0.15, 0.2) is 23.1 Å². The van der Waals surface area contributed by atoms with Crippen molar-refractivity contribution in [1.29, 1.82) is 0 Å². The summed E-state index contributed by atoms with van der Waals surface area (Å²) < 4.78 is 26.6. The van der Waals surface area contributed by atoms with Crippen LogP contribution in [-0.2, 0) is 10.0 Å². The maximum absolute atomic E-state index is 12.1. The van der Waals surface area contributed by atoms with Crippen LogP contribution < -0.4 is 4.72 Å². The molecule has 1 aromatic carbocycles. The van der Waals surface area contributed by atoms with Crippen LogP contribution in [0.5, 0.6) is 0 Å². The fraction of sp³-hybridized carbons (Fsp3) is 0.500. The van der Waals surface area contributed by atoms with Crippen molar-refractivity contribution in [3.63, 3.8) is 0 Å². The van der Waals surface area contributed by atoms with E-state index in [0.717, 1.165) is 38.2 Å². The molecule has 7 heteroatoms. The van der Waals surface area contributed by atoms with Crippen molar-refractivity contribution in [3.8, 4) is 0 Å². The van der Waals surface area contributed by atoms with Gasteiger partial charge in [-0.05, 0) is 24.6 Å². The van der Waals surface area contributed by atoms with Crippen molar-refractivity contribution in [1.82, 2.24) is 4.72 Å². The molecule has 0 unspecified atom stereocenters. The van der Waals surface area contributed by atoms with Gasteiger partial charge in [0.25, 0.3) is 0 Å². The Hall–Kier alpha value is -1.11. The van der Waals surface area contributed by atoms with E-state index in [1.54, 1.807) is 0 Å². The topological polar surface area (TPSA) is 83.5 Å². The first-order valence-electron chi connectivity index (χ1n) is 6.91. The standard InChI is InChI=1S/C14H20ClNO4S/c1-2-3-4-5-6-9-16-21(19,20)11-7-8-13(15)12(10-11)14(17)18/h7-8,10,16H,2-6,9H2,1H3,(H,17,18). The first-order valence-corrected chi connectivity index (χ1v) is 8.77. The summed E-state index contributed by atoms with van der Waals surface area (Å²) in [6, 6.07) is 3.65. The number of nitrogens with one attached hydrogen (secondary N) is 1. The normalized spacial score (nSPS) is 11.5. The van der Waals surface area contributed by atoms with E-state index in [1.807, 2.05) is 0 Å². The summed E-state index contributed by atoms with van der Waals surface area (Å²) in [4.78, 5) is 10.9. The van der Waals surface area contributed by atoms with E-state index in [1.165, 1.54) is 12.1 Å². The Morgan fingerprint density at radius 2 is 1.90 bits per heavy atom. The molecule has 5 nitrogen and oxygen atoms in total. The van der Waals surface area contributed by atoms with E-state index in [0.29, 0.717) is 6.54 Å². The van der Waals surface area contributed by atoms with Gasteiger partial charge < -0.3 is 5.11 Å². The molecule has 0 amide bonds. The van der Waals surface area contributed by atoms with Crippen molar-refractivity contribution < 1.29 is 18.3 Å². The molecule has 0 fully saturated rings. The molecule has 0 heterocycles. The first kappa shape index (κ1) is 17.9. The lowest BCUT2D eigenvalue weighted by Crippen LogP contribution is -2.25. The van der Waals surface area contributed by atoms with Crippen molar-refractivity contribution in [2.24, 2.45) is 0 Å². The van der Waals surface area contributed by atoms with Gasteiger partial charge in [-0.25, -0.2) is 17.9 Å². The van der Waals surface area contributed by atoms with Crippen LogP contribution in [0.2, 0.25) is 5.02 Å². The zero-order valence-corrected chi connectivity index (χ0v) is 13.5. The molecular formula is C14H20ClNO4S. The average molecular weight is 334 g/mol. The number of carboxylic acids is 1. The largest absolute Gasteiger partial charge is 0.478 e. The van der Waals surface area contributed by atoms with Crippen molar-refractivity contribution in [3.05, 3.63) is 28.8 Å². The molecule has 118 valence electrons. The van der Waals surface area contributed by atoms with Crippen molar-refractivity contribution in [2.75, 3.05) is 6.54 Å². The minimum Gasteiger partial charge on any atom is -0.478 e. The van der Waals surface area contributed by atoms with Gasteiger partial charge in [-0.2, -0.15) is 0 Å². The number of hydrogen-bond donors (Lipinski definition) is 2. The Kier molecular flexibility index (Phi) is 7.14. The number of sulfonamides is 1. The summed E-state index contributed by atoms with van der Waals surface area (Å²) >= 11 is 5.72. The maximum atomic E-state index is 12.1. The van der Waals surface area contributed by atoms with Gasteiger partial charge in [-0.1, -0.05) is 44.2 Å². The first-order chi connectivity index (χ1) is 9.88. The summed E-state index contributed by atoms with van der Waals surface area (Å²) in [6.45, 7) is 2.46. The van der Waals surface area contributed by atoms with E-state index in [-0.39, 0.29) is 15.5 Å². The molecule has 0 saturated heterocycles. The highest BCUT2D eigenvalue weighted by molar-refractivity contribution is 7.89. The zero-order chi connectivity index (χ0) is 15.9. The van der Waals surface area contributed by atoms with Gasteiger partial charge in [-0.15, -0.1) is 0 Å². The number of rotatable bonds is 9. The van der Waals surface area contributed by atoms with Crippen LogP contribution in [0.1, 0.15) is 49.4 Å². The predicted octanol–water partition coefficient (Wildman–Crippen LogP) is 3.29. The Bertz CT molecular complexity index is 587. The third-order valence-electron chi connectivity index (χ3n) is 3.05. The van der Waals surface area contributed by atoms with Gasteiger partial charge in [0, 0.05) is 6.54 Å². The van der Waals surface area contributed by atoms with Gasteiger partial charge in [0.15, 0.2) is 0 Å². The van der Waals surface area contributed by atoms with E-state index in [2.05, 4.69) is 11.6 Å². The lowest BCUT2D eigenvalue weighted by Gasteiger charge is -2.08. The molecule has 2 N–H and O–H groups in total. The molecular weight excluding hydrogens is 314 g/mol. The van der Waals surface area contributed by atoms with Crippen LogP contribution >= 0.6 is 11.6 Å². The quantitative estimate of drug-likeness (QED) is 0.679. The third kappa shape index (κ3) is 5.65. The Morgan fingerprint density at radius 3 is 2.52 bits per heavy atom. The lowest BCUT2D eigenvalue weighted by atomic mass is 10.2. The van der Waals surface area contributed by atoms with Gasteiger partial charge in [-0.3, -0.25) is 0 Å². The Morgan fingerprint density at radius 1 is 1.24 bits per heavy atom. The predicted molar refractivity (Wildman–Crippen MR) is 82.4 cm³/mol. The molecule has 1 rings (SSSR count). The van der Waals surface area contributed by atoms with Crippen molar-refractivity contribution >= 4 is 27.6 Å². The van der Waals surface area contributed by atoms with Crippen LogP contribution in [0.25, 0.3) is 0 Å². The highest BCUT2D eigenvalue weighted by atomic mass is 35.5. The monoisotopic (exact) mass is 333 g/mol. The van der Waals surface area contributed by atoms with Crippen LogP contribution in [-0.4, -0.2) is 26.0 Å². The summed E-state index contributed by atoms with van der Waals surface area (Å²) in [5.74, 6) is -1.25. The molecule has 0 aliphatic heterocycles. The molecule has 0 radical (unpaired) electrons. The number of hydrogen-bond acceptors (Lipinski definition) is 3. The number of carbonyl (C=O) groups is 1. The van der Waals surface area contributed by atoms with E-state index >= 15 is 0 Å². The molecule has 0 spiro atoms. The highest BCUT2D eigenvalue weighted by Crippen LogP contribution is 2.20. The maximum Gasteiger partial charge on any atom is 0.337 e. The summed E-state index contributed by atoms with van der Waals surface area (Å²) in [7, 11) is -3.70. The molecule has 0 aromatic heterocycles. The summed E-state index contributed by atoms with van der Waals surface area (Å²) in [6.07, 6.45) is 5.10. The van der Waals surface area contributed by atoms with E-state index in [9.17, 15) is 13.2 Å². The molecule has 0 atom stereocenters. The molecule has 0 aliphatic rings. The van der Waals surface area contributed by atoms with Crippen LogP contribution in [0.3, 0.4) is 0 Å². The fourth-order valence-corrected chi connectivity index (χ4v) is 3.15. The Labute approximate surface area is 130 Å². The zero-order valence-electron chi connectivity index (χ0n) is 11.9. The van der Waals surface area contributed by atoms with E-state index < -0.39 is 16.0 Å². The lowest BCUT2D eigenvalue weighted by molar-refractivity contribution is 0.0697. The second kappa shape index (κ2) is 8.36. The number of carboxylic acid groups (broad SMARTS) is 1. The van der Waals surface area contributed by atoms with Gasteiger partial charge in [0.05, 0.1) is 15.5 Å². The number of aromatic carboxylic acids is 1. The number of benzene rings is 1. The third-order valence-corrected chi connectivity index (χ3v) is 4.84. The smallest absolute Gasteiger partial charge is 0.337 e. The van der Waals surface area contributed by atoms with Crippen molar-refractivity contribution in [2.45, 2.75) is 43.9 Å². The highest BCUT2D eigenvalue weighted by Gasteiger charge is 2.17. The summed E-state index contributed by atoms with van der Waals surface area (Å²) in [5.41, 5.74) is -0.220. The number of halogens is 1. The van der Waals surface area contributed by atoms with Gasteiger partial charge in [0.1, 0.15) is 0 Å². The summed E-state index contributed by atoms with van der Waals surface area (Å²) in [5, 5.41) is 8.97. The molecule has 0 saturated carbocycles. The molecule has 0 bridgehead atoms. The fourth-order valence-electron chi connectivity index (χ4n) is 1.85.